The summed E-state index contributed by atoms with van der Waals surface area (Å²) >= 11 is 0. The van der Waals surface area contributed by atoms with Gasteiger partial charge in [0, 0.05) is 24.4 Å². The number of anilines is 1. The number of amides is 1. The Morgan fingerprint density at radius 1 is 1.21 bits per heavy atom. The first kappa shape index (κ1) is 19.5. The molecule has 2 aromatic carbocycles. The van der Waals surface area contributed by atoms with Gasteiger partial charge in [-0.15, -0.1) is 0 Å². The fraction of sp³-hybridized carbons (Fsp3) is 0.333. The Morgan fingerprint density at radius 2 is 1.96 bits per heavy atom. The normalized spacial score (nSPS) is 14.1. The van der Waals surface area contributed by atoms with E-state index in [2.05, 4.69) is 0 Å². The number of rotatable bonds is 6. The minimum Gasteiger partial charge on any atom is -0.455 e. The lowest BCUT2D eigenvalue weighted by atomic mass is 9.97. The Kier molecular flexibility index (Phi) is 6.03. The molecule has 0 aromatic heterocycles. The molecule has 0 saturated carbocycles. The van der Waals surface area contributed by atoms with E-state index in [0.717, 1.165) is 11.1 Å². The summed E-state index contributed by atoms with van der Waals surface area (Å²) in [5, 5.41) is 11.0. The van der Waals surface area contributed by atoms with Gasteiger partial charge in [-0.05, 0) is 36.5 Å². The second kappa shape index (κ2) is 8.65. The highest BCUT2D eigenvalue weighted by molar-refractivity contribution is 5.96. The van der Waals surface area contributed by atoms with Crippen LogP contribution in [0.2, 0.25) is 0 Å². The average Bonchev–Trinajstić information content (AvgIpc) is 2.72. The third kappa shape index (κ3) is 4.19. The van der Waals surface area contributed by atoms with E-state index in [1.165, 1.54) is 12.1 Å². The largest absolute Gasteiger partial charge is 0.455 e. The molecule has 1 unspecified atom stereocenters. The van der Waals surface area contributed by atoms with Crippen molar-refractivity contribution < 1.29 is 19.2 Å². The van der Waals surface area contributed by atoms with Crippen LogP contribution in [-0.4, -0.2) is 30.0 Å². The smallest absolute Gasteiger partial charge is 0.313 e. The summed E-state index contributed by atoms with van der Waals surface area (Å²) in [7, 11) is 0. The van der Waals surface area contributed by atoms with Crippen molar-refractivity contribution in [1.82, 2.24) is 0 Å². The number of carbonyl (C=O) groups excluding carboxylic acids is 2. The Hall–Kier alpha value is -3.22. The van der Waals surface area contributed by atoms with Crippen molar-refractivity contribution in [2.45, 2.75) is 32.1 Å². The molecule has 28 heavy (non-hydrogen) atoms. The number of fused-ring (bicyclic) bond motifs is 1. The molecular formula is C21H22N2O5. The zero-order chi connectivity index (χ0) is 20.1. The first-order valence-electron chi connectivity index (χ1n) is 9.30. The molecule has 3 rings (SSSR count). The molecule has 1 heterocycles. The van der Waals surface area contributed by atoms with Crippen molar-refractivity contribution in [2.75, 3.05) is 18.1 Å². The Bertz CT molecular complexity index is 882. The molecule has 0 spiro atoms. The van der Waals surface area contributed by atoms with Crippen LogP contribution in [0.3, 0.4) is 0 Å². The molecule has 7 heteroatoms. The van der Waals surface area contributed by atoms with Gasteiger partial charge < -0.3 is 9.64 Å². The van der Waals surface area contributed by atoms with Gasteiger partial charge >= 0.3 is 5.97 Å². The lowest BCUT2D eigenvalue weighted by Crippen LogP contribution is -2.38. The van der Waals surface area contributed by atoms with E-state index in [9.17, 15) is 19.7 Å². The van der Waals surface area contributed by atoms with E-state index in [0.29, 0.717) is 31.5 Å². The van der Waals surface area contributed by atoms with Crippen LogP contribution in [0.25, 0.3) is 0 Å². The average molecular weight is 382 g/mol. The van der Waals surface area contributed by atoms with Gasteiger partial charge in [0.1, 0.15) is 0 Å². The van der Waals surface area contributed by atoms with Crippen LogP contribution in [0, 0.1) is 10.1 Å². The molecule has 0 saturated heterocycles. The van der Waals surface area contributed by atoms with Crippen molar-refractivity contribution >= 4 is 23.3 Å². The van der Waals surface area contributed by atoms with Gasteiger partial charge in [0.05, 0.1) is 10.8 Å². The number of ether oxygens (including phenoxy) is 1. The van der Waals surface area contributed by atoms with Gasteiger partial charge in [-0.2, -0.15) is 0 Å². The molecule has 0 fully saturated rings. The third-order valence-corrected chi connectivity index (χ3v) is 4.93. The van der Waals surface area contributed by atoms with Crippen LogP contribution in [0.4, 0.5) is 11.4 Å². The summed E-state index contributed by atoms with van der Waals surface area (Å²) in [4.78, 5) is 37.2. The number of nitrogens with zero attached hydrogens (tertiary/aromatic N) is 2. The predicted octanol–water partition coefficient (Wildman–Crippen LogP) is 3.61. The van der Waals surface area contributed by atoms with Crippen LogP contribution in [0.5, 0.6) is 0 Å². The molecule has 0 radical (unpaired) electrons. The fourth-order valence-corrected chi connectivity index (χ4v) is 3.49. The Balaban J connectivity index is 1.67. The maximum atomic E-state index is 12.6. The first-order valence-corrected chi connectivity index (χ1v) is 9.30. The van der Waals surface area contributed by atoms with Crippen LogP contribution in [0.15, 0.2) is 48.5 Å². The number of carbonyl (C=O) groups is 2. The van der Waals surface area contributed by atoms with Crippen LogP contribution >= 0.6 is 0 Å². The van der Waals surface area contributed by atoms with Crippen molar-refractivity contribution in [1.29, 1.82) is 0 Å². The Labute approximate surface area is 163 Å². The van der Waals surface area contributed by atoms with Gasteiger partial charge in [0.25, 0.3) is 11.6 Å². The van der Waals surface area contributed by atoms with Crippen LogP contribution < -0.4 is 4.90 Å². The summed E-state index contributed by atoms with van der Waals surface area (Å²) in [5.74, 6) is -1.17. The summed E-state index contributed by atoms with van der Waals surface area (Å²) in [6, 6.07) is 13.8. The predicted molar refractivity (Wildman–Crippen MR) is 104 cm³/mol. The highest BCUT2D eigenvalue weighted by Gasteiger charge is 2.26. The van der Waals surface area contributed by atoms with E-state index in [1.807, 2.05) is 37.3 Å². The number of esters is 1. The van der Waals surface area contributed by atoms with Gasteiger partial charge in [-0.1, -0.05) is 37.3 Å². The molecule has 1 atom stereocenters. The SMILES string of the molecule is CCC(C(=O)OCC(=O)N1CCCc2cc([N+](=O)[O-])ccc21)c1ccccc1. The van der Waals surface area contributed by atoms with Crippen LogP contribution in [-0.2, 0) is 20.7 Å². The number of nitro benzene ring substituents is 1. The van der Waals surface area contributed by atoms with Gasteiger partial charge in [-0.25, -0.2) is 0 Å². The summed E-state index contributed by atoms with van der Waals surface area (Å²) < 4.78 is 5.30. The minimum atomic E-state index is -0.447. The van der Waals surface area contributed by atoms with Gasteiger partial charge in [0.2, 0.25) is 0 Å². The number of nitro groups is 1. The van der Waals surface area contributed by atoms with Crippen molar-refractivity contribution in [3.05, 3.63) is 69.8 Å². The minimum absolute atomic E-state index is 0.00752. The first-order chi connectivity index (χ1) is 13.5. The molecule has 0 aliphatic carbocycles. The molecule has 0 bridgehead atoms. The molecule has 146 valence electrons. The molecule has 7 nitrogen and oxygen atoms in total. The summed E-state index contributed by atoms with van der Waals surface area (Å²) in [6.07, 6.45) is 1.95. The number of aryl methyl sites for hydroxylation is 1. The lowest BCUT2D eigenvalue weighted by Gasteiger charge is -2.29. The zero-order valence-electron chi connectivity index (χ0n) is 15.7. The molecule has 1 aliphatic rings. The molecule has 0 N–H and O–H groups in total. The third-order valence-electron chi connectivity index (χ3n) is 4.93. The summed E-state index contributed by atoms with van der Waals surface area (Å²) in [6.45, 7) is 2.05. The lowest BCUT2D eigenvalue weighted by molar-refractivity contribution is -0.384. The monoisotopic (exact) mass is 382 g/mol. The standard InChI is InChI=1S/C21H22N2O5/c1-2-18(15-7-4-3-5-8-15)21(25)28-14-20(24)22-12-6-9-16-13-17(23(26)27)10-11-19(16)22/h3-5,7-8,10-11,13,18H,2,6,9,12,14H2,1H3. The molecular weight excluding hydrogens is 360 g/mol. The molecule has 1 amide bonds. The van der Waals surface area contributed by atoms with E-state index in [4.69, 9.17) is 4.74 Å². The molecule has 2 aromatic rings. The van der Waals surface area contributed by atoms with Crippen LogP contribution in [0.1, 0.15) is 36.8 Å². The number of hydrogen-bond donors (Lipinski definition) is 0. The number of non-ortho nitro benzene ring substituents is 1. The Morgan fingerprint density at radius 3 is 2.64 bits per heavy atom. The summed E-state index contributed by atoms with van der Waals surface area (Å²) in [5.41, 5.74) is 2.27. The van der Waals surface area contributed by atoms with E-state index in [1.54, 1.807) is 11.0 Å². The van der Waals surface area contributed by atoms with Gasteiger partial charge in [0.15, 0.2) is 6.61 Å². The van der Waals surface area contributed by atoms with E-state index in [-0.39, 0.29) is 18.2 Å². The second-order valence-corrected chi connectivity index (χ2v) is 6.70. The van der Waals surface area contributed by atoms with Gasteiger partial charge in [-0.3, -0.25) is 19.7 Å². The van der Waals surface area contributed by atoms with E-state index < -0.39 is 16.8 Å². The highest BCUT2D eigenvalue weighted by atomic mass is 16.6. The number of benzene rings is 2. The molecule has 1 aliphatic heterocycles. The van der Waals surface area contributed by atoms with Crippen molar-refractivity contribution in [2.24, 2.45) is 0 Å². The highest BCUT2D eigenvalue weighted by Crippen LogP contribution is 2.30. The van der Waals surface area contributed by atoms with E-state index >= 15 is 0 Å². The maximum Gasteiger partial charge on any atom is 0.313 e. The van der Waals surface area contributed by atoms with Crippen molar-refractivity contribution in [3.63, 3.8) is 0 Å². The maximum absolute atomic E-state index is 12.6. The zero-order valence-corrected chi connectivity index (χ0v) is 15.7. The second-order valence-electron chi connectivity index (χ2n) is 6.70. The quantitative estimate of drug-likeness (QED) is 0.432. The fourth-order valence-electron chi connectivity index (χ4n) is 3.49. The topological polar surface area (TPSA) is 89.8 Å². The number of hydrogen-bond acceptors (Lipinski definition) is 5. The van der Waals surface area contributed by atoms with Crippen molar-refractivity contribution in [3.8, 4) is 0 Å².